The van der Waals surface area contributed by atoms with Gasteiger partial charge in [-0.25, -0.2) is 4.39 Å². The normalized spacial score (nSPS) is 49.7. The number of hydrogen-bond donors (Lipinski definition) is 4. The Bertz CT molecular complexity index is 896. The summed E-state index contributed by atoms with van der Waals surface area (Å²) < 4.78 is 16.9. The molecule has 8 heteroatoms. The lowest BCUT2D eigenvalue weighted by Crippen LogP contribution is -2.69. The molecule has 4 aliphatic carbocycles. The van der Waals surface area contributed by atoms with Crippen LogP contribution in [0.25, 0.3) is 0 Å². The van der Waals surface area contributed by atoms with E-state index in [0.717, 1.165) is 0 Å². The molecule has 0 aliphatic heterocycles. The molecule has 0 saturated heterocycles. The Morgan fingerprint density at radius 3 is 2.53 bits per heavy atom. The summed E-state index contributed by atoms with van der Waals surface area (Å²) in [6.45, 7) is 2.11. The van der Waals surface area contributed by atoms with E-state index < -0.39 is 64.3 Å². The van der Waals surface area contributed by atoms with Crippen LogP contribution in [-0.2, 0) is 14.4 Å². The second kappa shape index (κ2) is 6.31. The number of carbonyl (C=O) groups excluding carboxylic acids is 2. The second-order valence-corrected chi connectivity index (χ2v) is 9.74. The summed E-state index contributed by atoms with van der Waals surface area (Å²) in [7, 11) is 0. The van der Waals surface area contributed by atoms with Crippen LogP contribution in [0.3, 0.4) is 0 Å². The fourth-order valence-corrected chi connectivity index (χ4v) is 7.17. The van der Waals surface area contributed by atoms with Gasteiger partial charge < -0.3 is 20.4 Å². The minimum Gasteiger partial charge on any atom is -0.481 e. The molecule has 8 atom stereocenters. The number of Topliss-reactive ketones (excluding diaryl/α,β-unsaturated/α-hetero) is 1. The van der Waals surface area contributed by atoms with E-state index in [1.54, 1.807) is 6.92 Å². The molecule has 4 N–H and O–H groups in total. The van der Waals surface area contributed by atoms with Crippen LogP contribution in [0.15, 0.2) is 23.8 Å². The number of allylic oxidation sites excluding steroid dienone is 4. The smallest absolute Gasteiger partial charge is 0.309 e. The number of fused-ring (bicyclic) bond motifs is 5. The Morgan fingerprint density at radius 1 is 1.27 bits per heavy atom. The highest BCUT2D eigenvalue weighted by Crippen LogP contribution is 2.70. The van der Waals surface area contributed by atoms with Gasteiger partial charge in [0, 0.05) is 16.7 Å². The lowest BCUT2D eigenvalue weighted by atomic mass is 9.44. The van der Waals surface area contributed by atoms with Crippen molar-refractivity contribution in [3.63, 3.8) is 0 Å². The molecule has 0 bridgehead atoms. The fourth-order valence-electron chi connectivity index (χ4n) is 7.17. The lowest BCUT2D eigenvalue weighted by Gasteiger charge is -2.62. The van der Waals surface area contributed by atoms with Gasteiger partial charge in [-0.3, -0.25) is 14.4 Å². The minimum absolute atomic E-state index is 0.130. The number of carboxylic acid groups (broad SMARTS) is 1. The topological polar surface area (TPSA) is 132 Å². The van der Waals surface area contributed by atoms with Gasteiger partial charge in [0.15, 0.2) is 17.2 Å². The highest BCUT2D eigenvalue weighted by atomic mass is 19.1. The quantitative estimate of drug-likeness (QED) is 0.533. The fraction of sp³-hybridized carbons (Fsp3) is 0.682. The number of hydrogen-bond acceptors (Lipinski definition) is 6. The first-order chi connectivity index (χ1) is 13.9. The van der Waals surface area contributed by atoms with Crippen molar-refractivity contribution in [2.24, 2.45) is 28.6 Å². The van der Waals surface area contributed by atoms with E-state index in [-0.39, 0.29) is 25.0 Å². The number of carbonyl (C=O) groups is 3. The third-order valence-corrected chi connectivity index (χ3v) is 8.76. The summed E-state index contributed by atoms with van der Waals surface area (Å²) in [4.78, 5) is 36.4. The molecule has 30 heavy (non-hydrogen) atoms. The molecule has 0 aromatic carbocycles. The van der Waals surface area contributed by atoms with E-state index in [4.69, 9.17) is 0 Å². The standard InChI is InChI=1S/C22H27FO7/c1-19-6-5-12(25)7-11(19)3-4-13-14-8-15(18(28)29)22(30,17(27)10-24)20(14,2)9-16(26)21(13,19)23/h5-7,13-16,24,26,30H,3-4,8-10H2,1-2H3,(H,28,29)/t13-,14-,15?,16?,19-,20-,21-,22-/m0/s1. The first-order valence-electron chi connectivity index (χ1n) is 10.3. The summed E-state index contributed by atoms with van der Waals surface area (Å²) in [5, 5.41) is 41.7. The Kier molecular flexibility index (Phi) is 4.49. The third kappa shape index (κ3) is 2.22. The van der Waals surface area contributed by atoms with E-state index in [0.29, 0.717) is 12.0 Å². The Hall–Kier alpha value is -1.90. The molecule has 0 spiro atoms. The van der Waals surface area contributed by atoms with Gasteiger partial charge in [0.05, 0.1) is 12.0 Å². The predicted molar refractivity (Wildman–Crippen MR) is 102 cm³/mol. The van der Waals surface area contributed by atoms with Crippen molar-refractivity contribution >= 4 is 17.5 Å². The van der Waals surface area contributed by atoms with Crippen molar-refractivity contribution in [3.8, 4) is 0 Å². The SMILES string of the molecule is C[C@]12C=CC(=O)C=C1CC[C@H]1[C@@H]3CC(C(=O)O)[C@](O)(C(=O)CO)[C@@]3(C)CC(O)[C@@]12F. The van der Waals surface area contributed by atoms with Crippen molar-refractivity contribution in [2.45, 2.75) is 56.9 Å². The number of ketones is 2. The van der Waals surface area contributed by atoms with Crippen molar-refractivity contribution in [3.05, 3.63) is 23.8 Å². The van der Waals surface area contributed by atoms with Gasteiger partial charge in [0.1, 0.15) is 12.2 Å². The molecule has 3 saturated carbocycles. The second-order valence-electron chi connectivity index (χ2n) is 9.74. The van der Waals surface area contributed by atoms with Crippen LogP contribution in [0.5, 0.6) is 0 Å². The Labute approximate surface area is 173 Å². The van der Waals surface area contributed by atoms with Gasteiger partial charge in [0.2, 0.25) is 0 Å². The summed E-state index contributed by atoms with van der Waals surface area (Å²) in [6.07, 6.45) is 2.76. The maximum absolute atomic E-state index is 16.9. The zero-order valence-electron chi connectivity index (χ0n) is 17.0. The number of aliphatic carboxylic acids is 1. The molecule has 0 amide bonds. The maximum Gasteiger partial charge on any atom is 0.309 e. The first-order valence-corrected chi connectivity index (χ1v) is 10.3. The van der Waals surface area contributed by atoms with E-state index in [1.165, 1.54) is 25.2 Å². The largest absolute Gasteiger partial charge is 0.481 e. The van der Waals surface area contributed by atoms with Crippen molar-refractivity contribution in [1.29, 1.82) is 0 Å². The third-order valence-electron chi connectivity index (χ3n) is 8.76. The number of carboxylic acids is 1. The van der Waals surface area contributed by atoms with Gasteiger partial charge in [-0.05, 0) is 50.7 Å². The molecule has 0 radical (unpaired) electrons. The molecular formula is C22H27FO7. The number of aliphatic hydroxyl groups is 3. The van der Waals surface area contributed by atoms with Gasteiger partial charge in [-0.2, -0.15) is 0 Å². The van der Waals surface area contributed by atoms with E-state index in [1.807, 2.05) is 0 Å². The van der Waals surface area contributed by atoms with Gasteiger partial charge >= 0.3 is 5.97 Å². The van der Waals surface area contributed by atoms with Gasteiger partial charge in [-0.1, -0.05) is 18.6 Å². The molecule has 4 rings (SSSR count). The molecule has 0 aromatic heterocycles. The molecule has 4 aliphatic rings. The molecular weight excluding hydrogens is 395 g/mol. The average Bonchev–Trinajstić information content (AvgIpc) is 2.92. The van der Waals surface area contributed by atoms with Crippen molar-refractivity contribution in [2.75, 3.05) is 6.61 Å². The number of rotatable bonds is 3. The van der Waals surface area contributed by atoms with Crippen molar-refractivity contribution in [1.82, 2.24) is 0 Å². The predicted octanol–water partition coefficient (Wildman–Crippen LogP) is 0.960. The summed E-state index contributed by atoms with van der Waals surface area (Å²) in [5.74, 6) is -5.68. The highest BCUT2D eigenvalue weighted by Gasteiger charge is 2.77. The summed E-state index contributed by atoms with van der Waals surface area (Å²) >= 11 is 0. The van der Waals surface area contributed by atoms with Crippen LogP contribution in [0, 0.1) is 28.6 Å². The van der Waals surface area contributed by atoms with Gasteiger partial charge in [0.25, 0.3) is 0 Å². The van der Waals surface area contributed by atoms with Gasteiger partial charge in [-0.15, -0.1) is 0 Å². The molecule has 0 heterocycles. The lowest BCUT2D eigenvalue weighted by molar-refractivity contribution is -0.220. The summed E-state index contributed by atoms with van der Waals surface area (Å²) in [6, 6.07) is 0. The molecule has 164 valence electrons. The zero-order chi connectivity index (χ0) is 22.3. The number of aliphatic hydroxyl groups excluding tert-OH is 2. The molecule has 0 aromatic rings. The first kappa shape index (κ1) is 21.3. The van der Waals surface area contributed by atoms with Crippen LogP contribution in [-0.4, -0.2) is 61.9 Å². The highest BCUT2D eigenvalue weighted by molar-refractivity contribution is 6.01. The Balaban J connectivity index is 1.87. The number of alkyl halides is 1. The minimum atomic E-state index is -2.41. The molecule has 3 fully saturated rings. The van der Waals surface area contributed by atoms with Crippen molar-refractivity contribution < 1.29 is 39.2 Å². The molecule has 7 nitrogen and oxygen atoms in total. The van der Waals surface area contributed by atoms with Crippen LogP contribution in [0.4, 0.5) is 4.39 Å². The van der Waals surface area contributed by atoms with Crippen LogP contribution < -0.4 is 0 Å². The zero-order valence-corrected chi connectivity index (χ0v) is 17.0. The Morgan fingerprint density at radius 2 is 1.93 bits per heavy atom. The average molecular weight is 422 g/mol. The van der Waals surface area contributed by atoms with E-state index in [9.17, 15) is 34.8 Å². The summed E-state index contributed by atoms with van der Waals surface area (Å²) in [5.41, 5.74) is -6.66. The van der Waals surface area contributed by atoms with Crippen LogP contribution in [0.1, 0.15) is 39.5 Å². The number of halogens is 1. The maximum atomic E-state index is 16.9. The van der Waals surface area contributed by atoms with E-state index in [2.05, 4.69) is 0 Å². The van der Waals surface area contributed by atoms with E-state index >= 15 is 4.39 Å². The van der Waals surface area contributed by atoms with Crippen LogP contribution >= 0.6 is 0 Å². The monoisotopic (exact) mass is 422 g/mol. The van der Waals surface area contributed by atoms with Crippen LogP contribution in [0.2, 0.25) is 0 Å². The molecule has 2 unspecified atom stereocenters.